The minimum absolute atomic E-state index is 0.0386. The number of carbonyl (C=O) groups excluding carboxylic acids is 2. The van der Waals surface area contributed by atoms with Gasteiger partial charge in [0.15, 0.2) is 0 Å². The zero-order valence-electron chi connectivity index (χ0n) is 12.8. The van der Waals surface area contributed by atoms with Crippen molar-refractivity contribution in [3.63, 3.8) is 0 Å². The van der Waals surface area contributed by atoms with Crippen LogP contribution >= 0.6 is 0 Å². The molecule has 1 fully saturated rings. The van der Waals surface area contributed by atoms with Crippen LogP contribution in [-0.4, -0.2) is 31.2 Å². The molecule has 1 aliphatic heterocycles. The number of benzene rings is 1. The fourth-order valence-electron chi connectivity index (χ4n) is 2.11. The lowest BCUT2D eigenvalue weighted by Gasteiger charge is -2.14. The van der Waals surface area contributed by atoms with Gasteiger partial charge in [-0.2, -0.15) is 13.2 Å². The molecule has 0 unspecified atom stereocenters. The van der Waals surface area contributed by atoms with Gasteiger partial charge in [-0.3, -0.25) is 9.59 Å². The second kappa shape index (κ2) is 7.96. The second-order valence-electron chi connectivity index (χ2n) is 5.28. The Hall–Kier alpha value is -2.35. The van der Waals surface area contributed by atoms with Crippen molar-refractivity contribution in [3.8, 4) is 0 Å². The maximum Gasteiger partial charge on any atom is 0.471 e. The fourth-order valence-corrected chi connectivity index (χ4v) is 2.11. The van der Waals surface area contributed by atoms with Crippen LogP contribution in [0.1, 0.15) is 18.4 Å². The molecule has 0 bridgehead atoms. The highest BCUT2D eigenvalue weighted by molar-refractivity contribution is 5.94. The van der Waals surface area contributed by atoms with Gasteiger partial charge in [-0.05, 0) is 30.5 Å². The highest BCUT2D eigenvalue weighted by Gasteiger charge is 2.38. The summed E-state index contributed by atoms with van der Waals surface area (Å²) >= 11 is 0. The third-order valence-corrected chi connectivity index (χ3v) is 3.41. The van der Waals surface area contributed by atoms with Crippen LogP contribution in [0.15, 0.2) is 35.9 Å². The van der Waals surface area contributed by atoms with Crippen molar-refractivity contribution in [2.75, 3.05) is 18.5 Å². The van der Waals surface area contributed by atoms with Crippen LogP contribution in [0.2, 0.25) is 0 Å². The van der Waals surface area contributed by atoms with Gasteiger partial charge in [0.25, 0.3) is 0 Å². The Bertz CT molecular complexity index is 616. The van der Waals surface area contributed by atoms with Crippen molar-refractivity contribution in [1.29, 1.82) is 0 Å². The lowest BCUT2D eigenvalue weighted by atomic mass is 10.1. The summed E-state index contributed by atoms with van der Waals surface area (Å²) in [6.07, 6.45) is -1.90. The molecule has 130 valence electrons. The third kappa shape index (κ3) is 5.69. The van der Waals surface area contributed by atoms with Crippen LogP contribution in [0.3, 0.4) is 0 Å². The molecule has 0 saturated carbocycles. The predicted octanol–water partition coefficient (Wildman–Crippen LogP) is 2.54. The number of nitrogens with one attached hydrogen (secondary N) is 2. The first-order valence-corrected chi connectivity index (χ1v) is 7.37. The number of hydrogen-bond donors (Lipinski definition) is 2. The molecule has 2 amide bonds. The summed E-state index contributed by atoms with van der Waals surface area (Å²) in [7, 11) is 0. The van der Waals surface area contributed by atoms with E-state index in [9.17, 15) is 22.8 Å². The number of halogens is 3. The van der Waals surface area contributed by atoms with Crippen molar-refractivity contribution in [2.24, 2.45) is 0 Å². The van der Waals surface area contributed by atoms with E-state index < -0.39 is 12.1 Å². The van der Waals surface area contributed by atoms with Gasteiger partial charge in [-0.15, -0.1) is 0 Å². The number of ether oxygens (including phenoxy) is 1. The molecule has 0 radical (unpaired) electrons. The van der Waals surface area contributed by atoms with E-state index in [1.807, 2.05) is 0 Å². The minimum Gasteiger partial charge on any atom is -0.381 e. The smallest absolute Gasteiger partial charge is 0.381 e. The van der Waals surface area contributed by atoms with Gasteiger partial charge >= 0.3 is 12.1 Å². The van der Waals surface area contributed by atoms with Crippen LogP contribution in [0.4, 0.5) is 18.9 Å². The quantitative estimate of drug-likeness (QED) is 0.827. The second-order valence-corrected chi connectivity index (χ2v) is 5.28. The maximum absolute atomic E-state index is 12.1. The van der Waals surface area contributed by atoms with E-state index in [1.165, 1.54) is 24.3 Å². The predicted molar refractivity (Wildman–Crippen MR) is 81.1 cm³/mol. The van der Waals surface area contributed by atoms with E-state index >= 15 is 0 Å². The Balaban J connectivity index is 1.83. The normalized spacial score (nSPS) is 14.9. The first-order chi connectivity index (χ1) is 11.3. The van der Waals surface area contributed by atoms with Gasteiger partial charge in [-0.1, -0.05) is 17.7 Å². The van der Waals surface area contributed by atoms with Crippen LogP contribution < -0.4 is 10.6 Å². The van der Waals surface area contributed by atoms with E-state index in [0.717, 1.165) is 18.4 Å². The van der Waals surface area contributed by atoms with Gasteiger partial charge < -0.3 is 15.4 Å². The standard InChI is InChI=1S/C16H17F3N2O3/c17-16(18,19)15(23)21-13-3-1-12(2-4-13)10-20-14(22)9-11-5-7-24-8-6-11/h1-4,9H,5-8,10H2,(H,20,22)(H,21,23). The molecule has 0 aromatic heterocycles. The molecule has 1 heterocycles. The lowest BCUT2D eigenvalue weighted by Crippen LogP contribution is -2.29. The molecule has 0 spiro atoms. The van der Waals surface area contributed by atoms with Gasteiger partial charge in [0.1, 0.15) is 0 Å². The number of carbonyl (C=O) groups is 2. The summed E-state index contributed by atoms with van der Waals surface area (Å²) in [4.78, 5) is 22.6. The average Bonchev–Trinajstić information content (AvgIpc) is 2.54. The summed E-state index contributed by atoms with van der Waals surface area (Å²) in [5.41, 5.74) is 1.78. The largest absolute Gasteiger partial charge is 0.471 e. The zero-order chi connectivity index (χ0) is 17.6. The number of hydrogen-bond acceptors (Lipinski definition) is 3. The van der Waals surface area contributed by atoms with Crippen molar-refractivity contribution < 1.29 is 27.5 Å². The Morgan fingerprint density at radius 1 is 1.12 bits per heavy atom. The fraction of sp³-hybridized carbons (Fsp3) is 0.375. The van der Waals surface area contributed by atoms with Gasteiger partial charge in [0.2, 0.25) is 5.91 Å². The molecule has 2 rings (SSSR count). The molecule has 1 aliphatic rings. The lowest BCUT2D eigenvalue weighted by molar-refractivity contribution is -0.167. The zero-order valence-corrected chi connectivity index (χ0v) is 12.8. The van der Waals surface area contributed by atoms with E-state index in [0.29, 0.717) is 18.8 Å². The molecule has 1 saturated heterocycles. The molecule has 0 atom stereocenters. The average molecular weight is 342 g/mol. The summed E-state index contributed by atoms with van der Waals surface area (Å²) in [5, 5.41) is 4.46. The Morgan fingerprint density at radius 3 is 2.33 bits per heavy atom. The van der Waals surface area contributed by atoms with E-state index in [-0.39, 0.29) is 18.1 Å². The summed E-state index contributed by atoms with van der Waals surface area (Å²) in [6, 6.07) is 5.77. The van der Waals surface area contributed by atoms with Crippen molar-refractivity contribution >= 4 is 17.5 Å². The number of rotatable bonds is 4. The topological polar surface area (TPSA) is 67.4 Å². The first-order valence-electron chi connectivity index (χ1n) is 7.37. The number of amides is 2. The van der Waals surface area contributed by atoms with Crippen molar-refractivity contribution in [1.82, 2.24) is 5.32 Å². The number of alkyl halides is 3. The SMILES string of the molecule is O=C(C=C1CCOCC1)NCc1ccc(NC(=O)C(F)(F)F)cc1. The van der Waals surface area contributed by atoms with E-state index in [2.05, 4.69) is 5.32 Å². The van der Waals surface area contributed by atoms with Crippen molar-refractivity contribution in [3.05, 3.63) is 41.5 Å². The molecule has 5 nitrogen and oxygen atoms in total. The molecule has 1 aromatic carbocycles. The highest BCUT2D eigenvalue weighted by Crippen LogP contribution is 2.18. The van der Waals surface area contributed by atoms with Gasteiger partial charge in [0, 0.05) is 18.3 Å². The summed E-state index contributed by atoms with van der Waals surface area (Å²) < 4.78 is 41.6. The Kier molecular flexibility index (Phi) is 5.97. The molecular weight excluding hydrogens is 325 g/mol. The Morgan fingerprint density at radius 2 is 1.75 bits per heavy atom. The highest BCUT2D eigenvalue weighted by atomic mass is 19.4. The van der Waals surface area contributed by atoms with Crippen LogP contribution in [-0.2, 0) is 20.9 Å². The van der Waals surface area contributed by atoms with Gasteiger partial charge in [-0.25, -0.2) is 0 Å². The molecule has 24 heavy (non-hydrogen) atoms. The molecule has 0 aliphatic carbocycles. The van der Waals surface area contributed by atoms with Gasteiger partial charge in [0.05, 0.1) is 13.2 Å². The minimum atomic E-state index is -4.93. The Labute approximate surface area is 136 Å². The van der Waals surface area contributed by atoms with Crippen LogP contribution in [0.25, 0.3) is 0 Å². The monoisotopic (exact) mass is 342 g/mol. The van der Waals surface area contributed by atoms with E-state index in [4.69, 9.17) is 4.74 Å². The molecule has 8 heteroatoms. The summed E-state index contributed by atoms with van der Waals surface area (Å²) in [6.45, 7) is 1.47. The first kappa shape index (κ1) is 18.0. The molecule has 2 N–H and O–H groups in total. The molecular formula is C16H17F3N2O3. The molecule has 1 aromatic rings. The van der Waals surface area contributed by atoms with Crippen LogP contribution in [0, 0.1) is 0 Å². The van der Waals surface area contributed by atoms with Crippen LogP contribution in [0.5, 0.6) is 0 Å². The number of anilines is 1. The maximum atomic E-state index is 12.1. The third-order valence-electron chi connectivity index (χ3n) is 3.41. The summed E-state index contributed by atoms with van der Waals surface area (Å²) in [5.74, 6) is -2.24. The van der Waals surface area contributed by atoms with E-state index in [1.54, 1.807) is 11.4 Å². The van der Waals surface area contributed by atoms with Crippen molar-refractivity contribution in [2.45, 2.75) is 25.6 Å².